The molecule has 0 spiro atoms. The first-order chi connectivity index (χ1) is 4.04. The van der Waals surface area contributed by atoms with Crippen molar-refractivity contribution in [2.24, 2.45) is 5.92 Å². The van der Waals surface area contributed by atoms with E-state index in [1.165, 1.54) is 0 Å². The number of hydrogen-bond donors (Lipinski definition) is 2. The predicted octanol–water partition coefficient (Wildman–Crippen LogP) is 0.478. The van der Waals surface area contributed by atoms with Crippen molar-refractivity contribution in [3.63, 3.8) is 0 Å². The Morgan fingerprint density at radius 1 is 1.56 bits per heavy atom. The van der Waals surface area contributed by atoms with Crippen LogP contribution in [0.15, 0.2) is 0 Å². The van der Waals surface area contributed by atoms with Gasteiger partial charge in [-0.3, -0.25) is 4.79 Å². The number of carboxylic acids is 1. The second-order valence-corrected chi connectivity index (χ2v) is 2.41. The average Bonchev–Trinajstić information content (AvgIpc) is 1.63. The summed E-state index contributed by atoms with van der Waals surface area (Å²) in [7, 11) is 0. The second kappa shape index (κ2) is 3.45. The summed E-state index contributed by atoms with van der Waals surface area (Å²) in [5.74, 6) is -0.919. The lowest BCUT2D eigenvalue weighted by molar-refractivity contribution is -0.139. The van der Waals surface area contributed by atoms with Crippen LogP contribution in [-0.4, -0.2) is 22.3 Å². The van der Waals surface area contributed by atoms with E-state index in [0.717, 1.165) is 0 Å². The van der Waals surface area contributed by atoms with Crippen LogP contribution in [0.1, 0.15) is 20.3 Å². The molecule has 0 aliphatic carbocycles. The summed E-state index contributed by atoms with van der Waals surface area (Å²) in [6.07, 6.45) is -0.861. The van der Waals surface area contributed by atoms with E-state index in [0.29, 0.717) is 0 Å². The molecular formula is C6H12O3. The topological polar surface area (TPSA) is 57.5 Å². The Morgan fingerprint density at radius 3 is 2.11 bits per heavy atom. The minimum absolute atomic E-state index is 0.0288. The fourth-order valence-corrected chi connectivity index (χ4v) is 0.415. The second-order valence-electron chi connectivity index (χ2n) is 2.41. The maximum Gasteiger partial charge on any atom is 0.305 e. The van der Waals surface area contributed by atoms with Gasteiger partial charge in [0.1, 0.15) is 0 Å². The highest BCUT2D eigenvalue weighted by Gasteiger charge is 2.12. The van der Waals surface area contributed by atoms with Gasteiger partial charge in [0.15, 0.2) is 0 Å². The van der Waals surface area contributed by atoms with E-state index >= 15 is 0 Å². The Hall–Kier alpha value is -0.570. The summed E-state index contributed by atoms with van der Waals surface area (Å²) in [6, 6.07) is 0. The molecule has 54 valence electrons. The number of aliphatic hydroxyl groups is 1. The molecule has 0 aliphatic heterocycles. The average molecular weight is 132 g/mol. The van der Waals surface area contributed by atoms with E-state index < -0.39 is 12.1 Å². The van der Waals surface area contributed by atoms with Gasteiger partial charge in [0.05, 0.1) is 12.5 Å². The summed E-state index contributed by atoms with van der Waals surface area (Å²) in [4.78, 5) is 9.95. The lowest BCUT2D eigenvalue weighted by atomic mass is 10.1. The van der Waals surface area contributed by atoms with E-state index in [1.54, 1.807) is 13.8 Å². The van der Waals surface area contributed by atoms with Gasteiger partial charge in [0, 0.05) is 0 Å². The fourth-order valence-electron chi connectivity index (χ4n) is 0.415. The van der Waals surface area contributed by atoms with Crippen LogP contribution in [0, 0.1) is 5.92 Å². The first-order valence-corrected chi connectivity index (χ1v) is 2.94. The molecule has 3 nitrogen and oxygen atoms in total. The van der Waals surface area contributed by atoms with Gasteiger partial charge in [-0.1, -0.05) is 13.8 Å². The summed E-state index contributed by atoms with van der Waals surface area (Å²) in [5, 5.41) is 17.1. The highest BCUT2D eigenvalue weighted by Crippen LogP contribution is 2.04. The van der Waals surface area contributed by atoms with Gasteiger partial charge in [-0.05, 0) is 5.92 Å². The first kappa shape index (κ1) is 8.43. The van der Waals surface area contributed by atoms with Crippen molar-refractivity contribution in [1.82, 2.24) is 0 Å². The number of aliphatic hydroxyl groups excluding tert-OH is 1. The molecule has 0 aliphatic rings. The fraction of sp³-hybridized carbons (Fsp3) is 0.833. The van der Waals surface area contributed by atoms with Gasteiger partial charge >= 0.3 is 5.97 Å². The number of aliphatic carboxylic acids is 1. The SMILES string of the molecule is CC(C)[C@H](O)CC(=O)O. The molecule has 0 heterocycles. The van der Waals surface area contributed by atoms with E-state index in [1.807, 2.05) is 0 Å². The number of rotatable bonds is 3. The Balaban J connectivity index is 3.50. The number of hydrogen-bond acceptors (Lipinski definition) is 2. The van der Waals surface area contributed by atoms with Crippen LogP contribution in [0.2, 0.25) is 0 Å². The minimum Gasteiger partial charge on any atom is -0.481 e. The van der Waals surface area contributed by atoms with Crippen molar-refractivity contribution in [3.05, 3.63) is 0 Å². The third kappa shape index (κ3) is 3.97. The Labute approximate surface area is 54.3 Å². The maximum atomic E-state index is 9.95. The van der Waals surface area contributed by atoms with Gasteiger partial charge < -0.3 is 10.2 Å². The smallest absolute Gasteiger partial charge is 0.305 e. The quantitative estimate of drug-likeness (QED) is 0.587. The molecule has 0 saturated heterocycles. The van der Waals surface area contributed by atoms with E-state index in [2.05, 4.69) is 0 Å². The van der Waals surface area contributed by atoms with Crippen molar-refractivity contribution in [2.45, 2.75) is 26.4 Å². The van der Waals surface area contributed by atoms with Gasteiger partial charge in [-0.15, -0.1) is 0 Å². The molecule has 0 unspecified atom stereocenters. The van der Waals surface area contributed by atoms with Crippen LogP contribution < -0.4 is 0 Å². The zero-order valence-electron chi connectivity index (χ0n) is 5.66. The Kier molecular flexibility index (Phi) is 3.24. The van der Waals surface area contributed by atoms with Crippen LogP contribution in [-0.2, 0) is 4.79 Å². The molecule has 3 heteroatoms. The molecular weight excluding hydrogens is 120 g/mol. The molecule has 0 aromatic heterocycles. The molecule has 0 bridgehead atoms. The molecule has 0 fully saturated rings. The van der Waals surface area contributed by atoms with Crippen LogP contribution in [0.4, 0.5) is 0 Å². The molecule has 2 N–H and O–H groups in total. The van der Waals surface area contributed by atoms with Crippen molar-refractivity contribution in [2.75, 3.05) is 0 Å². The van der Waals surface area contributed by atoms with Crippen molar-refractivity contribution >= 4 is 5.97 Å². The van der Waals surface area contributed by atoms with E-state index in [4.69, 9.17) is 10.2 Å². The van der Waals surface area contributed by atoms with Gasteiger partial charge in [0.25, 0.3) is 0 Å². The minimum atomic E-state index is -0.948. The zero-order valence-corrected chi connectivity index (χ0v) is 5.66. The molecule has 0 saturated carbocycles. The molecule has 9 heavy (non-hydrogen) atoms. The largest absolute Gasteiger partial charge is 0.481 e. The predicted molar refractivity (Wildman–Crippen MR) is 33.1 cm³/mol. The third-order valence-electron chi connectivity index (χ3n) is 1.15. The van der Waals surface area contributed by atoms with Crippen molar-refractivity contribution in [3.8, 4) is 0 Å². The molecule has 0 radical (unpaired) electrons. The van der Waals surface area contributed by atoms with E-state index in [9.17, 15) is 4.79 Å². The highest BCUT2D eigenvalue weighted by atomic mass is 16.4. The lowest BCUT2D eigenvalue weighted by Gasteiger charge is -2.10. The van der Waals surface area contributed by atoms with Gasteiger partial charge in [0.2, 0.25) is 0 Å². The number of carboxylic acid groups (broad SMARTS) is 1. The molecule has 0 amide bonds. The normalized spacial score (nSPS) is 13.8. The van der Waals surface area contributed by atoms with Gasteiger partial charge in [-0.2, -0.15) is 0 Å². The summed E-state index contributed by atoms with van der Waals surface area (Å²) >= 11 is 0. The lowest BCUT2D eigenvalue weighted by Crippen LogP contribution is -2.18. The van der Waals surface area contributed by atoms with Gasteiger partial charge in [-0.25, -0.2) is 0 Å². The summed E-state index contributed by atoms with van der Waals surface area (Å²) in [6.45, 7) is 3.57. The van der Waals surface area contributed by atoms with E-state index in [-0.39, 0.29) is 12.3 Å². The molecule has 0 aromatic rings. The molecule has 1 atom stereocenters. The van der Waals surface area contributed by atoms with Crippen molar-refractivity contribution < 1.29 is 15.0 Å². The van der Waals surface area contributed by atoms with Crippen LogP contribution >= 0.6 is 0 Å². The number of carbonyl (C=O) groups is 1. The maximum absolute atomic E-state index is 9.95. The van der Waals surface area contributed by atoms with Crippen LogP contribution in [0.5, 0.6) is 0 Å². The highest BCUT2D eigenvalue weighted by molar-refractivity contribution is 5.67. The third-order valence-corrected chi connectivity index (χ3v) is 1.15. The van der Waals surface area contributed by atoms with Crippen molar-refractivity contribution in [1.29, 1.82) is 0 Å². The first-order valence-electron chi connectivity index (χ1n) is 2.94. The zero-order chi connectivity index (χ0) is 7.44. The molecule has 0 rings (SSSR count). The Morgan fingerprint density at radius 2 is 2.00 bits per heavy atom. The standard InChI is InChI=1S/C6H12O3/c1-4(2)5(7)3-6(8)9/h4-5,7H,3H2,1-2H3,(H,8,9)/t5-/m1/s1. The Bertz CT molecular complexity index is 98.5. The van der Waals surface area contributed by atoms with Crippen LogP contribution in [0.25, 0.3) is 0 Å². The van der Waals surface area contributed by atoms with Crippen LogP contribution in [0.3, 0.4) is 0 Å². The summed E-state index contributed by atoms with van der Waals surface area (Å²) < 4.78 is 0. The molecule has 0 aromatic carbocycles. The summed E-state index contributed by atoms with van der Waals surface area (Å²) in [5.41, 5.74) is 0. The monoisotopic (exact) mass is 132 g/mol.